The molecule has 1 aromatic carbocycles. The summed E-state index contributed by atoms with van der Waals surface area (Å²) in [6, 6.07) is 4.74. The van der Waals surface area contributed by atoms with E-state index in [1.54, 1.807) is 18.2 Å². The Bertz CT molecular complexity index is 437. The SMILES string of the molecule is C#CC(CC)Nc1ccc(C(=O)O)cc1Br. The van der Waals surface area contributed by atoms with Crippen LogP contribution in [0.4, 0.5) is 5.69 Å². The standard InChI is InChI=1S/C12H12BrNO2/c1-3-9(4-2)14-11-6-5-8(12(15)16)7-10(11)13/h1,5-7,9,14H,4H2,2H3,(H,15,16). The van der Waals surface area contributed by atoms with Crippen molar-refractivity contribution in [2.75, 3.05) is 5.32 Å². The molecular weight excluding hydrogens is 270 g/mol. The highest BCUT2D eigenvalue weighted by Gasteiger charge is 2.08. The monoisotopic (exact) mass is 281 g/mol. The van der Waals surface area contributed by atoms with E-state index < -0.39 is 5.97 Å². The summed E-state index contributed by atoms with van der Waals surface area (Å²) in [5.74, 6) is 1.67. The van der Waals surface area contributed by atoms with Gasteiger partial charge in [0.25, 0.3) is 0 Å². The average Bonchev–Trinajstić information content (AvgIpc) is 2.27. The minimum absolute atomic E-state index is 0.0491. The first-order valence-electron chi connectivity index (χ1n) is 4.84. The van der Waals surface area contributed by atoms with Gasteiger partial charge in [0.1, 0.15) is 0 Å². The number of carbonyl (C=O) groups is 1. The van der Waals surface area contributed by atoms with E-state index in [0.717, 1.165) is 12.1 Å². The third kappa shape index (κ3) is 3.01. The number of aromatic carboxylic acids is 1. The molecule has 4 heteroatoms. The molecule has 0 aromatic heterocycles. The number of terminal acetylenes is 1. The van der Waals surface area contributed by atoms with Crippen LogP contribution in [-0.4, -0.2) is 17.1 Å². The maximum absolute atomic E-state index is 10.7. The van der Waals surface area contributed by atoms with E-state index in [4.69, 9.17) is 11.5 Å². The van der Waals surface area contributed by atoms with Crippen LogP contribution in [0.1, 0.15) is 23.7 Å². The number of benzene rings is 1. The van der Waals surface area contributed by atoms with Crippen LogP contribution in [0.5, 0.6) is 0 Å². The fourth-order valence-electron chi connectivity index (χ4n) is 1.21. The summed E-state index contributed by atoms with van der Waals surface area (Å²) in [5, 5.41) is 11.9. The van der Waals surface area contributed by atoms with Crippen LogP contribution >= 0.6 is 15.9 Å². The first-order chi connectivity index (χ1) is 7.58. The normalized spacial score (nSPS) is 11.6. The molecule has 0 aliphatic heterocycles. The van der Waals surface area contributed by atoms with Crippen molar-refractivity contribution in [1.29, 1.82) is 0 Å². The van der Waals surface area contributed by atoms with Crippen molar-refractivity contribution >= 4 is 27.6 Å². The summed E-state index contributed by atoms with van der Waals surface area (Å²) in [6.45, 7) is 1.98. The van der Waals surface area contributed by atoms with Gasteiger partial charge in [-0.1, -0.05) is 12.8 Å². The van der Waals surface area contributed by atoms with Gasteiger partial charge in [-0.15, -0.1) is 6.42 Å². The van der Waals surface area contributed by atoms with E-state index in [1.807, 2.05) is 6.92 Å². The Morgan fingerprint density at radius 1 is 1.69 bits per heavy atom. The smallest absolute Gasteiger partial charge is 0.335 e. The molecule has 16 heavy (non-hydrogen) atoms. The molecule has 0 radical (unpaired) electrons. The highest BCUT2D eigenvalue weighted by molar-refractivity contribution is 9.10. The van der Waals surface area contributed by atoms with Gasteiger partial charge in [0, 0.05) is 10.2 Å². The summed E-state index contributed by atoms with van der Waals surface area (Å²) < 4.78 is 0.695. The van der Waals surface area contributed by atoms with Crippen LogP contribution in [-0.2, 0) is 0 Å². The summed E-state index contributed by atoms with van der Waals surface area (Å²) in [6.07, 6.45) is 6.15. The molecule has 1 rings (SSSR count). The Hall–Kier alpha value is -1.47. The van der Waals surface area contributed by atoms with E-state index in [1.165, 1.54) is 0 Å². The van der Waals surface area contributed by atoms with Gasteiger partial charge >= 0.3 is 5.97 Å². The third-order valence-corrected chi connectivity index (χ3v) is 2.81. The van der Waals surface area contributed by atoms with Crippen LogP contribution < -0.4 is 5.32 Å². The summed E-state index contributed by atoms with van der Waals surface area (Å²) in [5.41, 5.74) is 1.04. The van der Waals surface area contributed by atoms with Crippen LogP contribution in [0.15, 0.2) is 22.7 Å². The molecule has 2 N–H and O–H groups in total. The predicted octanol–water partition coefficient (Wildman–Crippen LogP) is 2.97. The highest BCUT2D eigenvalue weighted by Crippen LogP contribution is 2.24. The Labute approximate surface area is 103 Å². The van der Waals surface area contributed by atoms with Crippen LogP contribution in [0, 0.1) is 12.3 Å². The summed E-state index contributed by atoms with van der Waals surface area (Å²) >= 11 is 3.31. The molecule has 0 aliphatic rings. The predicted molar refractivity (Wildman–Crippen MR) is 67.6 cm³/mol. The van der Waals surface area contributed by atoms with Gasteiger partial charge < -0.3 is 10.4 Å². The van der Waals surface area contributed by atoms with Gasteiger partial charge in [-0.2, -0.15) is 0 Å². The topological polar surface area (TPSA) is 49.3 Å². The van der Waals surface area contributed by atoms with Crippen molar-refractivity contribution in [2.24, 2.45) is 0 Å². The Balaban J connectivity index is 2.92. The number of hydrogen-bond donors (Lipinski definition) is 2. The second kappa shape index (κ2) is 5.57. The lowest BCUT2D eigenvalue weighted by Gasteiger charge is -2.13. The molecule has 0 saturated carbocycles. The van der Waals surface area contributed by atoms with Crippen LogP contribution in [0.25, 0.3) is 0 Å². The first kappa shape index (κ1) is 12.6. The molecule has 1 unspecified atom stereocenters. The molecule has 0 spiro atoms. The summed E-state index contributed by atoms with van der Waals surface area (Å²) in [4.78, 5) is 10.7. The van der Waals surface area contributed by atoms with E-state index in [2.05, 4.69) is 27.2 Å². The van der Waals surface area contributed by atoms with Gasteiger partial charge in [0.15, 0.2) is 0 Å². The van der Waals surface area contributed by atoms with Gasteiger partial charge in [-0.05, 0) is 40.5 Å². The lowest BCUT2D eigenvalue weighted by Crippen LogP contribution is -2.16. The minimum Gasteiger partial charge on any atom is -0.478 e. The Kier molecular flexibility index (Phi) is 4.39. The number of hydrogen-bond acceptors (Lipinski definition) is 2. The zero-order chi connectivity index (χ0) is 12.1. The maximum atomic E-state index is 10.7. The molecule has 1 atom stereocenters. The zero-order valence-electron chi connectivity index (χ0n) is 8.83. The van der Waals surface area contributed by atoms with E-state index in [9.17, 15) is 4.79 Å². The van der Waals surface area contributed by atoms with Crippen molar-refractivity contribution in [1.82, 2.24) is 0 Å². The first-order valence-corrected chi connectivity index (χ1v) is 5.63. The number of halogens is 1. The van der Waals surface area contributed by atoms with Crippen LogP contribution in [0.2, 0.25) is 0 Å². The fourth-order valence-corrected chi connectivity index (χ4v) is 1.71. The molecule has 0 amide bonds. The lowest BCUT2D eigenvalue weighted by atomic mass is 10.2. The molecule has 1 aromatic rings. The average molecular weight is 282 g/mol. The number of nitrogens with one attached hydrogen (secondary N) is 1. The fraction of sp³-hybridized carbons (Fsp3) is 0.250. The molecule has 3 nitrogen and oxygen atoms in total. The molecule has 0 aliphatic carbocycles. The zero-order valence-corrected chi connectivity index (χ0v) is 10.4. The van der Waals surface area contributed by atoms with Crippen LogP contribution in [0.3, 0.4) is 0 Å². The molecule has 0 bridgehead atoms. The maximum Gasteiger partial charge on any atom is 0.335 e. The number of carboxylic acid groups (broad SMARTS) is 1. The Morgan fingerprint density at radius 2 is 2.38 bits per heavy atom. The number of anilines is 1. The highest BCUT2D eigenvalue weighted by atomic mass is 79.9. The number of rotatable bonds is 4. The van der Waals surface area contributed by atoms with Gasteiger partial charge in [0.2, 0.25) is 0 Å². The molecule has 0 fully saturated rings. The largest absolute Gasteiger partial charge is 0.478 e. The van der Waals surface area contributed by atoms with E-state index in [0.29, 0.717) is 4.47 Å². The molecule has 0 heterocycles. The third-order valence-electron chi connectivity index (χ3n) is 2.16. The lowest BCUT2D eigenvalue weighted by molar-refractivity contribution is 0.0697. The quantitative estimate of drug-likeness (QED) is 0.835. The van der Waals surface area contributed by atoms with Crippen molar-refractivity contribution in [3.63, 3.8) is 0 Å². The van der Waals surface area contributed by atoms with E-state index in [-0.39, 0.29) is 11.6 Å². The van der Waals surface area contributed by atoms with Gasteiger partial charge in [-0.3, -0.25) is 0 Å². The minimum atomic E-state index is -0.948. The van der Waals surface area contributed by atoms with Crippen molar-refractivity contribution in [3.05, 3.63) is 28.2 Å². The second-order valence-electron chi connectivity index (χ2n) is 3.27. The number of carboxylic acids is 1. The summed E-state index contributed by atoms with van der Waals surface area (Å²) in [7, 11) is 0. The van der Waals surface area contributed by atoms with Gasteiger partial charge in [-0.25, -0.2) is 4.79 Å². The van der Waals surface area contributed by atoms with Crippen molar-refractivity contribution in [2.45, 2.75) is 19.4 Å². The Morgan fingerprint density at radius 3 is 2.81 bits per heavy atom. The van der Waals surface area contributed by atoms with Gasteiger partial charge in [0.05, 0.1) is 11.6 Å². The van der Waals surface area contributed by atoms with E-state index >= 15 is 0 Å². The second-order valence-corrected chi connectivity index (χ2v) is 4.13. The molecule has 0 saturated heterocycles. The molecule has 84 valence electrons. The van der Waals surface area contributed by atoms with Crippen molar-refractivity contribution in [3.8, 4) is 12.3 Å². The van der Waals surface area contributed by atoms with Crippen molar-refractivity contribution < 1.29 is 9.90 Å². The molecular formula is C12H12BrNO2.